The average Bonchev–Trinajstić information content (AvgIpc) is 3.11. The minimum Gasteiger partial charge on any atom is -0.370 e. The zero-order valence-electron chi connectivity index (χ0n) is 12.7. The molecular weight excluding hydrogens is 383 g/mol. The fourth-order valence-electron chi connectivity index (χ4n) is 3.85. The molecule has 112 valence electrons. The summed E-state index contributed by atoms with van der Waals surface area (Å²) in [6.45, 7) is 4.32. The van der Waals surface area contributed by atoms with E-state index in [-0.39, 0.29) is 5.41 Å². The molecule has 0 saturated carbocycles. The number of nitrogens with zero attached hydrogens (tertiary/aromatic N) is 2. The van der Waals surface area contributed by atoms with Crippen molar-refractivity contribution in [2.75, 3.05) is 22.4 Å². The van der Waals surface area contributed by atoms with Crippen molar-refractivity contribution in [3.8, 4) is 0 Å². The molecule has 2 aliphatic rings. The summed E-state index contributed by atoms with van der Waals surface area (Å²) in [5.41, 5.74) is 6.75. The number of fused-ring (bicyclic) bond motifs is 2. The maximum Gasteiger partial charge on any atom is 0.0671 e. The van der Waals surface area contributed by atoms with Gasteiger partial charge in [0.1, 0.15) is 0 Å². The number of anilines is 1. The molecule has 2 aromatic rings. The van der Waals surface area contributed by atoms with E-state index in [0.29, 0.717) is 0 Å². The topological polar surface area (TPSA) is 15.6 Å². The number of hydrogen-bond donors (Lipinski definition) is 0. The van der Waals surface area contributed by atoms with Crippen molar-refractivity contribution < 1.29 is 0 Å². The van der Waals surface area contributed by atoms with E-state index < -0.39 is 0 Å². The number of halogens is 1. The molecule has 0 N–H and O–H groups in total. The molecule has 1 fully saturated rings. The van der Waals surface area contributed by atoms with Crippen molar-refractivity contribution >= 4 is 39.7 Å². The minimum atomic E-state index is 0.127. The summed E-state index contributed by atoms with van der Waals surface area (Å²) in [7, 11) is 0. The predicted molar refractivity (Wildman–Crippen MR) is 102 cm³/mol. The fourth-order valence-corrected chi connectivity index (χ4v) is 4.75. The molecule has 0 aliphatic carbocycles. The van der Waals surface area contributed by atoms with Crippen molar-refractivity contribution in [3.63, 3.8) is 0 Å². The van der Waals surface area contributed by atoms with Gasteiger partial charge in [-0.25, -0.2) is 0 Å². The van der Waals surface area contributed by atoms with Gasteiger partial charge < -0.3 is 4.90 Å². The van der Waals surface area contributed by atoms with Gasteiger partial charge in [-0.2, -0.15) is 0 Å². The molecule has 0 amide bonds. The summed E-state index contributed by atoms with van der Waals surface area (Å²) < 4.78 is 1.01. The van der Waals surface area contributed by atoms with Crippen LogP contribution < -0.4 is 4.90 Å². The second-order valence-corrected chi connectivity index (χ2v) is 7.06. The normalized spacial score (nSPS) is 23.0. The van der Waals surface area contributed by atoms with Crippen LogP contribution in [0.2, 0.25) is 0 Å². The SMILES string of the molecule is Cc1cccc(N2CCC3(C2)C(CI)=Nc2ccccc23)c1. The first-order chi connectivity index (χ1) is 10.7. The Morgan fingerprint density at radius 1 is 1.18 bits per heavy atom. The third kappa shape index (κ3) is 2.09. The van der Waals surface area contributed by atoms with Gasteiger partial charge in [-0.05, 0) is 42.7 Å². The standard InChI is InChI=1S/C19H19IN2/c1-14-5-4-6-15(11-14)22-10-9-19(13-22)16-7-2-3-8-17(16)21-18(19)12-20/h2-8,11H,9-10,12-13H2,1H3. The Bertz CT molecular complexity index is 753. The zero-order valence-corrected chi connectivity index (χ0v) is 14.9. The molecule has 1 saturated heterocycles. The third-order valence-corrected chi connectivity index (χ3v) is 5.71. The Kier molecular flexibility index (Phi) is 3.48. The first kappa shape index (κ1) is 14.2. The molecule has 0 radical (unpaired) electrons. The summed E-state index contributed by atoms with van der Waals surface area (Å²) in [6, 6.07) is 17.5. The Labute approximate surface area is 145 Å². The quantitative estimate of drug-likeness (QED) is 0.527. The maximum atomic E-state index is 4.93. The fraction of sp³-hybridized carbons (Fsp3) is 0.316. The second kappa shape index (κ2) is 5.37. The van der Waals surface area contributed by atoms with Crippen LogP contribution in [-0.2, 0) is 5.41 Å². The van der Waals surface area contributed by atoms with Crippen molar-refractivity contribution in [2.45, 2.75) is 18.8 Å². The minimum absolute atomic E-state index is 0.127. The molecule has 4 rings (SSSR count). The van der Waals surface area contributed by atoms with Gasteiger partial charge in [-0.3, -0.25) is 4.99 Å². The van der Waals surface area contributed by atoms with E-state index in [1.807, 2.05) is 0 Å². The first-order valence-electron chi connectivity index (χ1n) is 7.78. The number of para-hydroxylation sites is 1. The molecule has 2 aliphatic heterocycles. The lowest BCUT2D eigenvalue weighted by molar-refractivity contribution is 0.658. The van der Waals surface area contributed by atoms with Crippen LogP contribution in [0.25, 0.3) is 0 Å². The van der Waals surface area contributed by atoms with Gasteiger partial charge in [-0.15, -0.1) is 0 Å². The number of alkyl halides is 1. The lowest BCUT2D eigenvalue weighted by atomic mass is 9.77. The van der Waals surface area contributed by atoms with Gasteiger partial charge in [0.2, 0.25) is 0 Å². The number of benzene rings is 2. The summed E-state index contributed by atoms with van der Waals surface area (Å²) in [5.74, 6) is 0. The molecule has 22 heavy (non-hydrogen) atoms. The van der Waals surface area contributed by atoms with Crippen LogP contribution in [0.5, 0.6) is 0 Å². The Balaban J connectivity index is 1.73. The highest BCUT2D eigenvalue weighted by Crippen LogP contribution is 2.47. The summed E-state index contributed by atoms with van der Waals surface area (Å²) in [6.07, 6.45) is 1.17. The van der Waals surface area contributed by atoms with Crippen molar-refractivity contribution in [1.82, 2.24) is 0 Å². The van der Waals surface area contributed by atoms with E-state index in [0.717, 1.165) is 17.5 Å². The van der Waals surface area contributed by atoms with E-state index in [4.69, 9.17) is 4.99 Å². The summed E-state index contributed by atoms with van der Waals surface area (Å²) in [4.78, 5) is 7.46. The summed E-state index contributed by atoms with van der Waals surface area (Å²) >= 11 is 2.47. The van der Waals surface area contributed by atoms with Gasteiger partial charge in [0.15, 0.2) is 0 Å². The van der Waals surface area contributed by atoms with Crippen LogP contribution in [0.1, 0.15) is 17.5 Å². The molecule has 1 spiro atoms. The molecule has 0 aromatic heterocycles. The second-order valence-electron chi connectivity index (χ2n) is 6.30. The van der Waals surface area contributed by atoms with Gasteiger partial charge in [0, 0.05) is 28.9 Å². The van der Waals surface area contributed by atoms with Gasteiger partial charge in [0.05, 0.1) is 11.1 Å². The van der Waals surface area contributed by atoms with E-state index in [2.05, 4.69) is 82.9 Å². The highest BCUT2D eigenvalue weighted by Gasteiger charge is 2.47. The Morgan fingerprint density at radius 2 is 2.05 bits per heavy atom. The van der Waals surface area contributed by atoms with Crippen LogP contribution in [0.15, 0.2) is 53.5 Å². The van der Waals surface area contributed by atoms with Crippen LogP contribution in [-0.4, -0.2) is 23.2 Å². The lowest BCUT2D eigenvalue weighted by Gasteiger charge is -2.27. The van der Waals surface area contributed by atoms with Crippen molar-refractivity contribution in [3.05, 3.63) is 59.7 Å². The molecular formula is C19H19IN2. The molecule has 1 atom stereocenters. The number of aryl methyl sites for hydroxylation is 1. The smallest absolute Gasteiger partial charge is 0.0671 e. The van der Waals surface area contributed by atoms with E-state index in [1.165, 1.54) is 34.6 Å². The highest BCUT2D eigenvalue weighted by molar-refractivity contribution is 14.1. The molecule has 1 unspecified atom stereocenters. The molecule has 3 heteroatoms. The largest absolute Gasteiger partial charge is 0.370 e. The molecule has 2 aromatic carbocycles. The highest BCUT2D eigenvalue weighted by atomic mass is 127. The van der Waals surface area contributed by atoms with Crippen LogP contribution >= 0.6 is 22.6 Å². The lowest BCUT2D eigenvalue weighted by Crippen LogP contribution is -2.37. The third-order valence-electron chi connectivity index (χ3n) is 4.99. The van der Waals surface area contributed by atoms with Gasteiger partial charge in [-0.1, -0.05) is 52.9 Å². The molecule has 2 nitrogen and oxygen atoms in total. The molecule has 2 heterocycles. The van der Waals surface area contributed by atoms with Crippen LogP contribution in [0.4, 0.5) is 11.4 Å². The zero-order chi connectivity index (χ0) is 15.2. The van der Waals surface area contributed by atoms with E-state index in [9.17, 15) is 0 Å². The van der Waals surface area contributed by atoms with Crippen molar-refractivity contribution in [2.24, 2.45) is 4.99 Å². The van der Waals surface area contributed by atoms with Crippen LogP contribution in [0.3, 0.4) is 0 Å². The monoisotopic (exact) mass is 402 g/mol. The first-order valence-corrected chi connectivity index (χ1v) is 9.31. The van der Waals surface area contributed by atoms with E-state index >= 15 is 0 Å². The van der Waals surface area contributed by atoms with Crippen LogP contribution in [0, 0.1) is 6.92 Å². The maximum absolute atomic E-state index is 4.93. The Hall–Kier alpha value is -1.36. The predicted octanol–water partition coefficient (Wildman–Crippen LogP) is 4.66. The number of aliphatic imine (C=N–C) groups is 1. The van der Waals surface area contributed by atoms with Crippen molar-refractivity contribution in [1.29, 1.82) is 0 Å². The van der Waals surface area contributed by atoms with Gasteiger partial charge in [0.25, 0.3) is 0 Å². The van der Waals surface area contributed by atoms with E-state index in [1.54, 1.807) is 0 Å². The number of hydrogen-bond acceptors (Lipinski definition) is 2. The molecule has 0 bridgehead atoms. The number of rotatable bonds is 2. The Morgan fingerprint density at radius 3 is 2.86 bits per heavy atom. The summed E-state index contributed by atoms with van der Waals surface area (Å²) in [5, 5.41) is 0. The van der Waals surface area contributed by atoms with Gasteiger partial charge >= 0.3 is 0 Å². The average molecular weight is 402 g/mol.